The summed E-state index contributed by atoms with van der Waals surface area (Å²) in [6.07, 6.45) is 3.68. The van der Waals surface area contributed by atoms with Gasteiger partial charge in [-0.2, -0.15) is 0 Å². The zero-order valence-electron chi connectivity index (χ0n) is 16.9. The molecule has 4 rings (SSSR count). The molecule has 0 unspecified atom stereocenters. The van der Waals surface area contributed by atoms with Crippen molar-refractivity contribution >= 4 is 22.8 Å². The molecule has 6 heteroatoms. The lowest BCUT2D eigenvalue weighted by Gasteiger charge is -2.35. The second kappa shape index (κ2) is 7.78. The Kier molecular flexibility index (Phi) is 5.16. The number of benzene rings is 2. The summed E-state index contributed by atoms with van der Waals surface area (Å²) in [7, 11) is 0. The Labute approximate surface area is 174 Å². The average Bonchev–Trinajstić information content (AvgIpc) is 2.77. The van der Waals surface area contributed by atoms with Gasteiger partial charge in [-0.15, -0.1) is 0 Å². The smallest absolute Gasteiger partial charge is 0.255 e. The van der Waals surface area contributed by atoms with Gasteiger partial charge in [-0.3, -0.25) is 14.4 Å². The first kappa shape index (κ1) is 19.9. The van der Waals surface area contributed by atoms with E-state index in [0.29, 0.717) is 29.6 Å². The summed E-state index contributed by atoms with van der Waals surface area (Å²) in [6.45, 7) is 1.71. The molecule has 0 aliphatic heterocycles. The molecule has 0 bridgehead atoms. The van der Waals surface area contributed by atoms with E-state index in [1.165, 1.54) is 0 Å². The maximum atomic E-state index is 13.2. The number of hydrogen-bond donors (Lipinski definition) is 2. The van der Waals surface area contributed by atoms with Crippen molar-refractivity contribution in [3.8, 4) is 11.3 Å². The first-order valence-electron chi connectivity index (χ1n) is 10.2. The predicted molar refractivity (Wildman–Crippen MR) is 115 cm³/mol. The number of nitrogens with two attached hydrogens (primary N) is 1. The second-order valence-electron chi connectivity index (χ2n) is 7.89. The molecular weight excluding hydrogens is 380 g/mol. The lowest BCUT2D eigenvalue weighted by atomic mass is 9.81. The maximum Gasteiger partial charge on any atom is 0.255 e. The van der Waals surface area contributed by atoms with Gasteiger partial charge in [-0.1, -0.05) is 55.7 Å². The normalized spacial score (nSPS) is 15.6. The first-order valence-corrected chi connectivity index (χ1v) is 10.2. The van der Waals surface area contributed by atoms with Gasteiger partial charge < -0.3 is 15.5 Å². The van der Waals surface area contributed by atoms with Crippen LogP contribution in [0.5, 0.6) is 0 Å². The van der Waals surface area contributed by atoms with Crippen molar-refractivity contribution in [3.63, 3.8) is 0 Å². The molecule has 2 amide bonds. The Bertz CT molecular complexity index is 1180. The van der Waals surface area contributed by atoms with Crippen LogP contribution in [0.2, 0.25) is 0 Å². The molecule has 1 aliphatic rings. The number of carbonyl (C=O) groups is 2. The summed E-state index contributed by atoms with van der Waals surface area (Å²) in [5.41, 5.74) is 6.06. The number of para-hydroxylation sites is 1. The van der Waals surface area contributed by atoms with Gasteiger partial charge in [-0.05, 0) is 31.9 Å². The zero-order chi connectivity index (χ0) is 21.3. The molecule has 1 heterocycles. The Balaban J connectivity index is 1.83. The van der Waals surface area contributed by atoms with Gasteiger partial charge in [0.2, 0.25) is 5.91 Å². The number of nitrogens with one attached hydrogen (secondary N) is 1. The zero-order valence-corrected chi connectivity index (χ0v) is 16.9. The highest BCUT2D eigenvalue weighted by Crippen LogP contribution is 2.30. The van der Waals surface area contributed by atoms with Gasteiger partial charge in [0.1, 0.15) is 11.3 Å². The monoisotopic (exact) mass is 404 g/mol. The van der Waals surface area contributed by atoms with Crippen molar-refractivity contribution < 1.29 is 14.0 Å². The van der Waals surface area contributed by atoms with Crippen molar-refractivity contribution in [2.24, 2.45) is 5.73 Å². The predicted octanol–water partition coefficient (Wildman–Crippen LogP) is 3.69. The Hall–Kier alpha value is -3.41. The largest absolute Gasteiger partial charge is 0.455 e. The SMILES string of the molecule is Cc1c(-c2ccccc2)oc2c(C(=O)NC3(C(N)=O)CCCCC3)cccc2c1=O. The third-order valence-electron chi connectivity index (χ3n) is 5.96. The number of fused-ring (bicyclic) bond motifs is 1. The molecule has 1 aliphatic carbocycles. The Morgan fingerprint density at radius 2 is 1.70 bits per heavy atom. The molecule has 3 N–H and O–H groups in total. The van der Waals surface area contributed by atoms with Crippen LogP contribution in [0.15, 0.2) is 57.7 Å². The number of hydrogen-bond acceptors (Lipinski definition) is 4. The van der Waals surface area contributed by atoms with Crippen LogP contribution in [-0.4, -0.2) is 17.4 Å². The summed E-state index contributed by atoms with van der Waals surface area (Å²) in [4.78, 5) is 38.4. The molecule has 2 aromatic carbocycles. The van der Waals surface area contributed by atoms with E-state index in [1.54, 1.807) is 25.1 Å². The van der Waals surface area contributed by atoms with E-state index in [1.807, 2.05) is 30.3 Å². The highest BCUT2D eigenvalue weighted by molar-refractivity contribution is 6.07. The van der Waals surface area contributed by atoms with E-state index in [2.05, 4.69) is 5.32 Å². The molecule has 154 valence electrons. The standard InChI is InChI=1S/C24H24N2O4/c1-15-19(27)17-11-8-12-18(21(17)30-20(15)16-9-4-2-5-10-16)22(28)26-24(23(25)29)13-6-3-7-14-24/h2,4-5,8-12H,3,6-7,13-14H2,1H3,(H2,25,29)(H,26,28). The van der Waals surface area contributed by atoms with Crippen LogP contribution < -0.4 is 16.5 Å². The fourth-order valence-electron chi connectivity index (χ4n) is 4.23. The van der Waals surface area contributed by atoms with Crippen molar-refractivity contribution in [2.45, 2.75) is 44.6 Å². The quantitative estimate of drug-likeness (QED) is 0.692. The van der Waals surface area contributed by atoms with E-state index in [9.17, 15) is 14.4 Å². The molecule has 1 saturated carbocycles. The summed E-state index contributed by atoms with van der Waals surface area (Å²) in [5, 5.41) is 3.19. The van der Waals surface area contributed by atoms with Crippen LogP contribution in [0.4, 0.5) is 0 Å². The molecule has 6 nitrogen and oxygen atoms in total. The fourth-order valence-corrected chi connectivity index (χ4v) is 4.23. The van der Waals surface area contributed by atoms with Gasteiger partial charge in [0.15, 0.2) is 11.0 Å². The van der Waals surface area contributed by atoms with Gasteiger partial charge in [0.05, 0.1) is 10.9 Å². The maximum absolute atomic E-state index is 13.2. The minimum absolute atomic E-state index is 0.188. The summed E-state index contributed by atoms with van der Waals surface area (Å²) < 4.78 is 6.12. The third-order valence-corrected chi connectivity index (χ3v) is 5.96. The molecule has 3 aromatic rings. The summed E-state index contributed by atoms with van der Waals surface area (Å²) >= 11 is 0. The molecule has 0 spiro atoms. The third kappa shape index (κ3) is 3.38. The van der Waals surface area contributed by atoms with Gasteiger partial charge >= 0.3 is 0 Å². The second-order valence-corrected chi connectivity index (χ2v) is 7.89. The van der Waals surface area contributed by atoms with Crippen LogP contribution in [0, 0.1) is 6.92 Å². The summed E-state index contributed by atoms with van der Waals surface area (Å²) in [6, 6.07) is 14.2. The Morgan fingerprint density at radius 3 is 2.37 bits per heavy atom. The van der Waals surface area contributed by atoms with Crippen molar-refractivity contribution in [1.29, 1.82) is 0 Å². The van der Waals surface area contributed by atoms with Gasteiger partial charge in [-0.25, -0.2) is 0 Å². The average molecular weight is 404 g/mol. The lowest BCUT2D eigenvalue weighted by molar-refractivity contribution is -0.125. The topological polar surface area (TPSA) is 102 Å². The first-order chi connectivity index (χ1) is 14.4. The molecular formula is C24H24N2O4. The number of primary amides is 1. The fraction of sp³-hybridized carbons (Fsp3) is 0.292. The lowest BCUT2D eigenvalue weighted by Crippen LogP contribution is -2.58. The van der Waals surface area contributed by atoms with E-state index in [-0.39, 0.29) is 16.6 Å². The molecule has 0 atom stereocenters. The van der Waals surface area contributed by atoms with Crippen LogP contribution in [-0.2, 0) is 4.79 Å². The molecule has 30 heavy (non-hydrogen) atoms. The van der Waals surface area contributed by atoms with E-state index < -0.39 is 17.4 Å². The van der Waals surface area contributed by atoms with Gasteiger partial charge in [0.25, 0.3) is 5.91 Å². The van der Waals surface area contributed by atoms with Crippen LogP contribution in [0.1, 0.15) is 48.0 Å². The molecule has 0 saturated heterocycles. The van der Waals surface area contributed by atoms with Crippen LogP contribution in [0.25, 0.3) is 22.3 Å². The summed E-state index contributed by atoms with van der Waals surface area (Å²) in [5.74, 6) is -0.569. The minimum Gasteiger partial charge on any atom is -0.455 e. The van der Waals surface area contributed by atoms with Crippen LogP contribution in [0.3, 0.4) is 0 Å². The van der Waals surface area contributed by atoms with Crippen molar-refractivity contribution in [2.75, 3.05) is 0 Å². The number of carbonyl (C=O) groups excluding carboxylic acids is 2. The van der Waals surface area contributed by atoms with Crippen molar-refractivity contribution in [3.05, 3.63) is 69.9 Å². The molecule has 1 aromatic heterocycles. The van der Waals surface area contributed by atoms with Gasteiger partial charge in [0, 0.05) is 11.1 Å². The highest BCUT2D eigenvalue weighted by atomic mass is 16.3. The number of rotatable bonds is 4. The van der Waals surface area contributed by atoms with E-state index >= 15 is 0 Å². The number of amides is 2. The Morgan fingerprint density at radius 1 is 1.00 bits per heavy atom. The van der Waals surface area contributed by atoms with E-state index in [4.69, 9.17) is 10.2 Å². The highest BCUT2D eigenvalue weighted by Gasteiger charge is 2.39. The van der Waals surface area contributed by atoms with Crippen molar-refractivity contribution in [1.82, 2.24) is 5.32 Å². The molecule has 1 fully saturated rings. The minimum atomic E-state index is -1.06. The molecule has 0 radical (unpaired) electrons. The van der Waals surface area contributed by atoms with Crippen LogP contribution >= 0.6 is 0 Å². The van der Waals surface area contributed by atoms with E-state index in [0.717, 1.165) is 24.8 Å².